The molecule has 2 atom stereocenters. The summed E-state index contributed by atoms with van der Waals surface area (Å²) < 4.78 is 22.4. The summed E-state index contributed by atoms with van der Waals surface area (Å²) in [4.78, 5) is 0. The minimum atomic E-state index is -3.55. The van der Waals surface area contributed by atoms with Crippen LogP contribution in [0.1, 0.15) is 37.5 Å². The summed E-state index contributed by atoms with van der Waals surface area (Å²) in [6.07, 6.45) is -1.07. The third-order valence-electron chi connectivity index (χ3n) is 3.18. The van der Waals surface area contributed by atoms with Gasteiger partial charge in [0.2, 0.25) is 0 Å². The van der Waals surface area contributed by atoms with Gasteiger partial charge in [-0.3, -0.25) is 0 Å². The highest BCUT2D eigenvalue weighted by molar-refractivity contribution is 7.94. The Hall–Kier alpha value is -0.580. The smallest absolute Gasteiger partial charge is 0.175 e. The van der Waals surface area contributed by atoms with E-state index in [1.54, 1.807) is 19.1 Å². The second-order valence-electron chi connectivity index (χ2n) is 4.36. The second-order valence-corrected chi connectivity index (χ2v) is 7.79. The molecule has 0 unspecified atom stereocenters. The second kappa shape index (κ2) is 5.59. The Kier molecular flexibility index (Phi) is 4.81. The predicted molar refractivity (Wildman–Crippen MR) is 74.5 cm³/mol. The number of alkyl halides is 1. The Morgan fingerprint density at radius 2 is 1.78 bits per heavy atom. The Labute approximate surface area is 114 Å². The van der Waals surface area contributed by atoms with Gasteiger partial charge in [-0.1, -0.05) is 55.3 Å². The van der Waals surface area contributed by atoms with Gasteiger partial charge in [-0.25, -0.2) is 8.42 Å². The molecular formula is C13H19ClO3S. The summed E-state index contributed by atoms with van der Waals surface area (Å²) >= 11 is 6.20. The van der Waals surface area contributed by atoms with Crippen LogP contribution in [-0.4, -0.2) is 23.5 Å². The fraction of sp³-hybridized carbons (Fsp3) is 0.538. The molecule has 3 nitrogen and oxygen atoms in total. The zero-order valence-corrected chi connectivity index (χ0v) is 12.4. The fourth-order valence-corrected chi connectivity index (χ4v) is 3.67. The van der Waals surface area contributed by atoms with Crippen molar-refractivity contribution in [2.75, 3.05) is 5.75 Å². The number of hydrogen-bond acceptors (Lipinski definition) is 3. The molecule has 1 rings (SSSR count). The van der Waals surface area contributed by atoms with Crippen molar-refractivity contribution in [2.45, 2.75) is 37.5 Å². The van der Waals surface area contributed by atoms with Crippen molar-refractivity contribution in [1.82, 2.24) is 0 Å². The van der Waals surface area contributed by atoms with Crippen LogP contribution in [0.4, 0.5) is 0 Å². The lowest BCUT2D eigenvalue weighted by molar-refractivity contribution is 0.154. The number of aliphatic hydroxyl groups is 1. The topological polar surface area (TPSA) is 54.4 Å². The molecule has 1 N–H and O–H groups in total. The first kappa shape index (κ1) is 15.5. The molecule has 0 spiro atoms. The molecular weight excluding hydrogens is 272 g/mol. The highest BCUT2D eigenvalue weighted by atomic mass is 35.5. The third-order valence-corrected chi connectivity index (χ3v) is 6.67. The molecule has 0 radical (unpaired) electrons. The normalized spacial score (nSPS) is 17.2. The molecule has 1 aromatic carbocycles. The molecule has 0 aliphatic carbocycles. The van der Waals surface area contributed by atoms with Gasteiger partial charge in [-0.2, -0.15) is 0 Å². The molecule has 0 aliphatic heterocycles. The van der Waals surface area contributed by atoms with Gasteiger partial charge < -0.3 is 5.11 Å². The van der Waals surface area contributed by atoms with Gasteiger partial charge in [0, 0.05) is 5.75 Å². The summed E-state index contributed by atoms with van der Waals surface area (Å²) in [5, 5.41) is 10.3. The molecule has 0 saturated carbocycles. The molecule has 18 heavy (non-hydrogen) atoms. The van der Waals surface area contributed by atoms with E-state index in [2.05, 4.69) is 0 Å². The van der Waals surface area contributed by atoms with E-state index in [0.717, 1.165) is 5.56 Å². The van der Waals surface area contributed by atoms with E-state index < -0.39 is 20.1 Å². The number of benzene rings is 1. The van der Waals surface area contributed by atoms with Crippen LogP contribution in [0.25, 0.3) is 0 Å². The van der Waals surface area contributed by atoms with Gasteiger partial charge in [-0.05, 0) is 18.9 Å². The van der Waals surface area contributed by atoms with Crippen LogP contribution in [-0.2, 0) is 9.84 Å². The van der Waals surface area contributed by atoms with E-state index >= 15 is 0 Å². The molecule has 0 heterocycles. The van der Waals surface area contributed by atoms with Crippen LogP contribution in [0.15, 0.2) is 24.3 Å². The van der Waals surface area contributed by atoms with Crippen molar-refractivity contribution in [1.29, 1.82) is 0 Å². The minimum Gasteiger partial charge on any atom is -0.385 e. The van der Waals surface area contributed by atoms with Crippen LogP contribution >= 0.6 is 11.6 Å². The first-order valence-electron chi connectivity index (χ1n) is 5.94. The maximum absolute atomic E-state index is 12.0. The van der Waals surface area contributed by atoms with Crippen LogP contribution in [0.5, 0.6) is 0 Å². The van der Waals surface area contributed by atoms with E-state index in [1.807, 2.05) is 19.1 Å². The van der Waals surface area contributed by atoms with E-state index in [1.165, 1.54) is 6.92 Å². The fourth-order valence-electron chi connectivity index (χ4n) is 1.82. The van der Waals surface area contributed by atoms with E-state index in [9.17, 15) is 13.5 Å². The van der Waals surface area contributed by atoms with Crippen LogP contribution < -0.4 is 0 Å². The van der Waals surface area contributed by atoms with Crippen LogP contribution in [0.2, 0.25) is 0 Å². The molecule has 5 heteroatoms. The number of rotatable bonds is 5. The van der Waals surface area contributed by atoms with Gasteiger partial charge in [0.1, 0.15) is 6.10 Å². The quantitative estimate of drug-likeness (QED) is 0.849. The number of halogens is 1. The number of aryl methyl sites for hydroxylation is 1. The molecule has 0 amide bonds. The highest BCUT2D eigenvalue weighted by Crippen LogP contribution is 2.40. The first-order valence-corrected chi connectivity index (χ1v) is 7.97. The van der Waals surface area contributed by atoms with Gasteiger partial charge in [-0.15, -0.1) is 0 Å². The Morgan fingerprint density at radius 1 is 1.28 bits per heavy atom. The summed E-state index contributed by atoms with van der Waals surface area (Å²) in [5.74, 6) is -0.0900. The lowest BCUT2D eigenvalue weighted by Crippen LogP contribution is -2.39. The number of aliphatic hydroxyl groups excluding tert-OH is 1. The van der Waals surface area contributed by atoms with Gasteiger partial charge in [0.25, 0.3) is 0 Å². The minimum absolute atomic E-state index is 0.0900. The molecule has 0 fully saturated rings. The van der Waals surface area contributed by atoms with Crippen molar-refractivity contribution < 1.29 is 13.5 Å². The van der Waals surface area contributed by atoms with E-state index in [0.29, 0.717) is 5.56 Å². The summed E-state index contributed by atoms with van der Waals surface area (Å²) in [6.45, 7) is 5.12. The Bertz CT molecular complexity index is 495. The maximum atomic E-state index is 12.0. The van der Waals surface area contributed by atoms with Crippen LogP contribution in [0.3, 0.4) is 0 Å². The van der Waals surface area contributed by atoms with Gasteiger partial charge >= 0.3 is 0 Å². The molecule has 1 aromatic rings. The highest BCUT2D eigenvalue weighted by Gasteiger charge is 2.46. The van der Waals surface area contributed by atoms with E-state index in [-0.39, 0.29) is 12.2 Å². The van der Waals surface area contributed by atoms with Crippen molar-refractivity contribution >= 4 is 21.4 Å². The van der Waals surface area contributed by atoms with Crippen LogP contribution in [0, 0.1) is 6.92 Å². The third kappa shape index (κ3) is 2.71. The average Bonchev–Trinajstić information content (AvgIpc) is 2.37. The molecule has 0 bridgehead atoms. The zero-order chi connectivity index (χ0) is 14.0. The monoisotopic (exact) mass is 290 g/mol. The molecule has 0 aliphatic rings. The summed E-state index contributed by atoms with van der Waals surface area (Å²) in [7, 11) is -3.55. The number of hydrogen-bond donors (Lipinski definition) is 1. The first-order chi connectivity index (χ1) is 8.28. The summed E-state index contributed by atoms with van der Waals surface area (Å²) in [6, 6.07) is 7.06. The SMILES string of the molecule is CC[C@@](Cl)([C@@H](O)c1ccc(C)cc1)S(=O)(=O)CC. The molecule has 102 valence electrons. The lowest BCUT2D eigenvalue weighted by atomic mass is 10.0. The van der Waals surface area contributed by atoms with Crippen molar-refractivity contribution in [2.24, 2.45) is 0 Å². The largest absolute Gasteiger partial charge is 0.385 e. The zero-order valence-electron chi connectivity index (χ0n) is 10.9. The maximum Gasteiger partial charge on any atom is 0.175 e. The van der Waals surface area contributed by atoms with E-state index in [4.69, 9.17) is 11.6 Å². The Balaban J connectivity index is 3.21. The number of sulfone groups is 1. The van der Waals surface area contributed by atoms with Gasteiger partial charge in [0.15, 0.2) is 14.0 Å². The molecule has 0 saturated heterocycles. The van der Waals surface area contributed by atoms with Crippen molar-refractivity contribution in [3.63, 3.8) is 0 Å². The Morgan fingerprint density at radius 3 is 2.17 bits per heavy atom. The van der Waals surface area contributed by atoms with Crippen molar-refractivity contribution in [3.05, 3.63) is 35.4 Å². The molecule has 0 aromatic heterocycles. The average molecular weight is 291 g/mol. The predicted octanol–water partition coefficient (Wildman–Crippen LogP) is 2.81. The standard InChI is InChI=1S/C13H19ClO3S/c1-4-13(14,18(16,17)5-2)12(15)11-8-6-10(3)7-9-11/h6-9,12,15H,4-5H2,1-3H3/t12-,13-/m0/s1. The van der Waals surface area contributed by atoms with Gasteiger partial charge in [0.05, 0.1) is 0 Å². The van der Waals surface area contributed by atoms with Crippen molar-refractivity contribution in [3.8, 4) is 0 Å². The summed E-state index contributed by atoms with van der Waals surface area (Å²) in [5.41, 5.74) is 1.57. The lowest BCUT2D eigenvalue weighted by Gasteiger charge is -2.30.